The fourth-order valence-electron chi connectivity index (χ4n) is 2.02. The van der Waals surface area contributed by atoms with Crippen molar-refractivity contribution in [1.82, 2.24) is 0 Å². The van der Waals surface area contributed by atoms with Crippen molar-refractivity contribution >= 4 is 22.7 Å². The molecule has 4 nitrogen and oxygen atoms in total. The van der Waals surface area contributed by atoms with Gasteiger partial charge in [0.25, 0.3) is 0 Å². The third kappa shape index (κ3) is 3.26. The summed E-state index contributed by atoms with van der Waals surface area (Å²) in [5, 5.41) is 22.2. The summed E-state index contributed by atoms with van der Waals surface area (Å²) in [6.45, 7) is 1.09. The summed E-state index contributed by atoms with van der Waals surface area (Å²) in [7, 11) is 0. The van der Waals surface area contributed by atoms with E-state index in [4.69, 9.17) is 15.9 Å². The third-order valence-corrected chi connectivity index (χ3v) is 3.66. The van der Waals surface area contributed by atoms with Gasteiger partial charge in [-0.25, -0.2) is 0 Å². The zero-order chi connectivity index (χ0) is 13.7. The molecular formula is C14H18N2O2S. The van der Waals surface area contributed by atoms with Gasteiger partial charge in [0.05, 0.1) is 13.2 Å². The Balaban J connectivity index is 2.34. The minimum Gasteiger partial charge on any atom is -0.398 e. The summed E-state index contributed by atoms with van der Waals surface area (Å²) in [6, 6.07) is 7.81. The molecule has 0 fully saturated rings. The topological polar surface area (TPSA) is 69.7 Å². The van der Waals surface area contributed by atoms with Gasteiger partial charge in [-0.1, -0.05) is 0 Å². The number of anilines is 2. The number of nitrogens with two attached hydrogens (primary N) is 1. The second kappa shape index (κ2) is 6.56. The smallest absolute Gasteiger partial charge is 0.0606 e. The maximum absolute atomic E-state index is 9.09. The van der Waals surface area contributed by atoms with Crippen LogP contribution in [0.5, 0.6) is 0 Å². The molecule has 0 radical (unpaired) electrons. The first kappa shape index (κ1) is 13.9. The zero-order valence-corrected chi connectivity index (χ0v) is 11.4. The molecule has 0 unspecified atom stereocenters. The van der Waals surface area contributed by atoms with Gasteiger partial charge in [-0.2, -0.15) is 11.3 Å². The molecule has 0 saturated heterocycles. The lowest BCUT2D eigenvalue weighted by Gasteiger charge is -2.24. The molecule has 4 N–H and O–H groups in total. The number of nitrogens with zero attached hydrogens (tertiary/aromatic N) is 1. The lowest BCUT2D eigenvalue weighted by molar-refractivity contribution is 0.281. The summed E-state index contributed by atoms with van der Waals surface area (Å²) in [5.41, 5.74) is 9.79. The number of thiophene rings is 1. The quantitative estimate of drug-likeness (QED) is 0.705. The second-order valence-corrected chi connectivity index (χ2v) is 5.00. The average Bonchev–Trinajstić information content (AvgIpc) is 2.93. The molecule has 1 aromatic carbocycles. The molecule has 2 aromatic rings. The number of aliphatic hydroxyl groups is 2. The molecular weight excluding hydrogens is 260 g/mol. The molecule has 0 saturated carbocycles. The molecule has 2 rings (SSSR count). The molecule has 0 atom stereocenters. The number of rotatable bonds is 6. The van der Waals surface area contributed by atoms with Crippen molar-refractivity contribution in [3.05, 3.63) is 35.0 Å². The Kier molecular flexibility index (Phi) is 4.79. The SMILES string of the molecule is Nc1ccc(N(CCO)CCO)cc1-c1ccsc1. The maximum atomic E-state index is 9.09. The lowest BCUT2D eigenvalue weighted by Crippen LogP contribution is -2.29. The van der Waals surface area contributed by atoms with Crippen molar-refractivity contribution in [3.8, 4) is 11.1 Å². The number of hydrogen-bond donors (Lipinski definition) is 3. The minimum atomic E-state index is 0.0537. The Morgan fingerprint density at radius 3 is 2.42 bits per heavy atom. The van der Waals surface area contributed by atoms with Crippen molar-refractivity contribution in [2.75, 3.05) is 36.9 Å². The van der Waals surface area contributed by atoms with Gasteiger partial charge in [0.15, 0.2) is 0 Å². The van der Waals surface area contributed by atoms with Gasteiger partial charge < -0.3 is 20.8 Å². The van der Waals surface area contributed by atoms with Crippen molar-refractivity contribution in [3.63, 3.8) is 0 Å². The van der Waals surface area contributed by atoms with Crippen LogP contribution in [0.2, 0.25) is 0 Å². The summed E-state index contributed by atoms with van der Waals surface area (Å²) in [6.07, 6.45) is 0. The Morgan fingerprint density at radius 2 is 1.84 bits per heavy atom. The Labute approximate surface area is 116 Å². The zero-order valence-electron chi connectivity index (χ0n) is 10.6. The largest absolute Gasteiger partial charge is 0.398 e. The van der Waals surface area contributed by atoms with Crippen molar-refractivity contribution in [2.45, 2.75) is 0 Å². The minimum absolute atomic E-state index is 0.0537. The van der Waals surface area contributed by atoms with E-state index in [0.29, 0.717) is 13.1 Å². The van der Waals surface area contributed by atoms with Gasteiger partial charge in [-0.15, -0.1) is 0 Å². The van der Waals surface area contributed by atoms with Gasteiger partial charge >= 0.3 is 0 Å². The Hall–Kier alpha value is -1.56. The van der Waals surface area contributed by atoms with Crippen LogP contribution in [0.15, 0.2) is 35.0 Å². The van der Waals surface area contributed by atoms with Gasteiger partial charge in [-0.3, -0.25) is 0 Å². The molecule has 19 heavy (non-hydrogen) atoms. The molecule has 102 valence electrons. The number of benzene rings is 1. The van der Waals surface area contributed by atoms with Crippen LogP contribution in [-0.2, 0) is 0 Å². The first-order valence-electron chi connectivity index (χ1n) is 6.15. The second-order valence-electron chi connectivity index (χ2n) is 4.22. The molecule has 0 amide bonds. The highest BCUT2D eigenvalue weighted by Crippen LogP contribution is 2.31. The maximum Gasteiger partial charge on any atom is 0.0606 e. The standard InChI is InChI=1S/C14H18N2O2S/c15-14-2-1-12(16(4-6-17)5-7-18)9-13(14)11-3-8-19-10-11/h1-3,8-10,17-18H,4-7,15H2. The summed E-state index contributed by atoms with van der Waals surface area (Å²) >= 11 is 1.63. The van der Waals surface area contributed by atoms with E-state index in [1.165, 1.54) is 0 Å². The van der Waals surface area contributed by atoms with Gasteiger partial charge in [0, 0.05) is 30.0 Å². The molecule has 0 aliphatic heterocycles. The highest BCUT2D eigenvalue weighted by atomic mass is 32.1. The van der Waals surface area contributed by atoms with E-state index in [1.54, 1.807) is 11.3 Å². The van der Waals surface area contributed by atoms with Gasteiger partial charge in [0.2, 0.25) is 0 Å². The van der Waals surface area contributed by atoms with E-state index >= 15 is 0 Å². The lowest BCUT2D eigenvalue weighted by atomic mass is 10.1. The summed E-state index contributed by atoms with van der Waals surface area (Å²) in [4.78, 5) is 1.94. The van der Waals surface area contributed by atoms with Gasteiger partial charge in [-0.05, 0) is 40.6 Å². The highest BCUT2D eigenvalue weighted by molar-refractivity contribution is 7.08. The number of nitrogen functional groups attached to an aromatic ring is 1. The first-order valence-corrected chi connectivity index (χ1v) is 7.09. The van der Waals surface area contributed by atoms with E-state index in [0.717, 1.165) is 22.5 Å². The van der Waals surface area contributed by atoms with Crippen LogP contribution in [0.4, 0.5) is 11.4 Å². The van der Waals surface area contributed by atoms with Crippen LogP contribution in [0.3, 0.4) is 0 Å². The number of aliphatic hydroxyl groups excluding tert-OH is 2. The predicted octanol–water partition coefficient (Wildman–Crippen LogP) is 1.79. The van der Waals surface area contributed by atoms with E-state index in [9.17, 15) is 0 Å². The summed E-state index contributed by atoms with van der Waals surface area (Å²) in [5.74, 6) is 0. The third-order valence-electron chi connectivity index (χ3n) is 2.97. The fraction of sp³-hybridized carbons (Fsp3) is 0.286. The molecule has 1 aromatic heterocycles. The molecule has 0 aliphatic rings. The van der Waals surface area contributed by atoms with Crippen LogP contribution >= 0.6 is 11.3 Å². The summed E-state index contributed by atoms with van der Waals surface area (Å²) < 4.78 is 0. The molecule has 1 heterocycles. The monoisotopic (exact) mass is 278 g/mol. The van der Waals surface area contributed by atoms with Crippen LogP contribution in [0, 0.1) is 0 Å². The van der Waals surface area contributed by atoms with E-state index in [-0.39, 0.29) is 13.2 Å². The van der Waals surface area contributed by atoms with Gasteiger partial charge in [0.1, 0.15) is 0 Å². The molecule has 0 bridgehead atoms. The number of hydrogen-bond acceptors (Lipinski definition) is 5. The van der Waals surface area contributed by atoms with E-state index in [1.807, 2.05) is 34.5 Å². The fourth-order valence-corrected chi connectivity index (χ4v) is 2.68. The Morgan fingerprint density at radius 1 is 1.11 bits per heavy atom. The van der Waals surface area contributed by atoms with Crippen LogP contribution in [-0.4, -0.2) is 36.5 Å². The van der Waals surface area contributed by atoms with E-state index in [2.05, 4.69) is 5.38 Å². The van der Waals surface area contributed by atoms with Crippen LogP contribution in [0.25, 0.3) is 11.1 Å². The first-order chi connectivity index (χ1) is 9.26. The van der Waals surface area contributed by atoms with Crippen LogP contribution in [0.1, 0.15) is 0 Å². The van der Waals surface area contributed by atoms with Crippen LogP contribution < -0.4 is 10.6 Å². The molecule has 0 spiro atoms. The van der Waals surface area contributed by atoms with Crippen molar-refractivity contribution in [1.29, 1.82) is 0 Å². The van der Waals surface area contributed by atoms with E-state index < -0.39 is 0 Å². The Bertz CT molecular complexity index is 508. The van der Waals surface area contributed by atoms with Crippen molar-refractivity contribution in [2.24, 2.45) is 0 Å². The van der Waals surface area contributed by atoms with Crippen molar-refractivity contribution < 1.29 is 10.2 Å². The average molecular weight is 278 g/mol. The molecule has 5 heteroatoms. The highest BCUT2D eigenvalue weighted by Gasteiger charge is 2.09. The normalized spacial score (nSPS) is 10.6. The predicted molar refractivity (Wildman–Crippen MR) is 80.6 cm³/mol. The molecule has 0 aliphatic carbocycles.